The highest BCUT2D eigenvalue weighted by molar-refractivity contribution is 5.99. The molecular weight excluding hydrogens is 470 g/mol. The molecule has 0 radical (unpaired) electrons. The van der Waals surface area contributed by atoms with Crippen molar-refractivity contribution in [2.75, 3.05) is 57.7 Å². The van der Waals surface area contributed by atoms with E-state index in [9.17, 15) is 4.79 Å². The number of nitrogens with zero attached hydrogens (tertiary/aromatic N) is 6. The molecule has 0 saturated carbocycles. The first-order valence-electron chi connectivity index (χ1n) is 12.2. The second-order valence-corrected chi connectivity index (χ2v) is 9.25. The average Bonchev–Trinajstić information content (AvgIpc) is 3.29. The molecule has 0 aromatic carbocycles. The number of nitrogens with one attached hydrogen (secondary N) is 1. The number of rotatable bonds is 7. The van der Waals surface area contributed by atoms with Gasteiger partial charge in [0, 0.05) is 50.0 Å². The molecule has 0 spiro atoms. The van der Waals surface area contributed by atoms with Gasteiger partial charge in [0.25, 0.3) is 0 Å². The van der Waals surface area contributed by atoms with Gasteiger partial charge in [-0.25, -0.2) is 14.8 Å². The lowest BCUT2D eigenvalue weighted by atomic mass is 10.1. The molecule has 0 amide bonds. The standard InChI is InChI=1S/C27H31N7O3/c1-32(2)17-23-24(34-11-13-37-14-12-34)5-6-25(31-23)30-22-16-29-21(15-20(22)27(35)36-4)18-7-9-28-26-19(18)8-10-33(26)3/h5-10,15-16H,11-14,17H2,1-4H3,(H,30,31). The van der Waals surface area contributed by atoms with Crippen molar-refractivity contribution < 1.29 is 14.3 Å². The summed E-state index contributed by atoms with van der Waals surface area (Å²) in [6, 6.07) is 9.64. The van der Waals surface area contributed by atoms with Gasteiger partial charge >= 0.3 is 5.97 Å². The number of fused-ring (bicyclic) bond motifs is 1. The maximum Gasteiger partial charge on any atom is 0.340 e. The van der Waals surface area contributed by atoms with E-state index in [4.69, 9.17) is 14.5 Å². The summed E-state index contributed by atoms with van der Waals surface area (Å²) in [5, 5.41) is 4.26. The molecule has 0 bridgehead atoms. The second-order valence-electron chi connectivity index (χ2n) is 9.25. The Morgan fingerprint density at radius 2 is 1.97 bits per heavy atom. The van der Waals surface area contributed by atoms with Crippen LogP contribution in [0.1, 0.15) is 16.1 Å². The van der Waals surface area contributed by atoms with Gasteiger partial charge in [-0.1, -0.05) is 0 Å². The minimum absolute atomic E-state index is 0.376. The van der Waals surface area contributed by atoms with Crippen LogP contribution in [0.15, 0.2) is 48.9 Å². The van der Waals surface area contributed by atoms with Crippen LogP contribution in [-0.2, 0) is 23.1 Å². The monoisotopic (exact) mass is 501 g/mol. The van der Waals surface area contributed by atoms with E-state index < -0.39 is 5.97 Å². The van der Waals surface area contributed by atoms with Gasteiger partial charge in [-0.3, -0.25) is 4.98 Å². The highest BCUT2D eigenvalue weighted by atomic mass is 16.5. The Morgan fingerprint density at radius 3 is 2.73 bits per heavy atom. The largest absolute Gasteiger partial charge is 0.465 e. The van der Waals surface area contributed by atoms with Crippen LogP contribution in [0.4, 0.5) is 17.2 Å². The summed E-state index contributed by atoms with van der Waals surface area (Å²) in [7, 11) is 7.36. The van der Waals surface area contributed by atoms with E-state index in [1.165, 1.54) is 7.11 Å². The zero-order valence-corrected chi connectivity index (χ0v) is 21.6. The molecule has 1 N–H and O–H groups in total. The predicted octanol–water partition coefficient (Wildman–Crippen LogP) is 3.46. The number of methoxy groups -OCH3 is 1. The Hall–Kier alpha value is -4.02. The van der Waals surface area contributed by atoms with Crippen molar-refractivity contribution in [1.29, 1.82) is 0 Å². The van der Waals surface area contributed by atoms with Crippen molar-refractivity contribution in [1.82, 2.24) is 24.4 Å². The van der Waals surface area contributed by atoms with Gasteiger partial charge in [-0.15, -0.1) is 0 Å². The average molecular weight is 502 g/mol. The normalized spacial score (nSPS) is 13.8. The van der Waals surface area contributed by atoms with Gasteiger partial charge in [0.2, 0.25) is 0 Å². The number of morpholine rings is 1. The Balaban J connectivity index is 1.50. The van der Waals surface area contributed by atoms with Crippen LogP contribution < -0.4 is 10.2 Å². The summed E-state index contributed by atoms with van der Waals surface area (Å²) in [5.74, 6) is 0.172. The molecule has 0 aliphatic carbocycles. The van der Waals surface area contributed by atoms with Crippen LogP contribution in [-0.4, -0.2) is 77.9 Å². The number of carbonyl (C=O) groups excluding carboxylic acids is 1. The molecule has 1 saturated heterocycles. The lowest BCUT2D eigenvalue weighted by molar-refractivity contribution is 0.0602. The number of pyridine rings is 3. The third-order valence-corrected chi connectivity index (χ3v) is 6.38. The number of anilines is 3. The molecule has 5 heterocycles. The van der Waals surface area contributed by atoms with Crippen LogP contribution in [0.5, 0.6) is 0 Å². The van der Waals surface area contributed by atoms with E-state index in [2.05, 4.69) is 31.2 Å². The fourth-order valence-electron chi connectivity index (χ4n) is 4.58. The lowest BCUT2D eigenvalue weighted by Gasteiger charge is -2.31. The van der Waals surface area contributed by atoms with Crippen molar-refractivity contribution in [3.8, 4) is 11.3 Å². The Morgan fingerprint density at radius 1 is 1.16 bits per heavy atom. The van der Waals surface area contributed by atoms with Crippen LogP contribution in [0.2, 0.25) is 0 Å². The van der Waals surface area contributed by atoms with E-state index in [-0.39, 0.29) is 0 Å². The highest BCUT2D eigenvalue weighted by Gasteiger charge is 2.20. The number of aryl methyl sites for hydroxylation is 1. The van der Waals surface area contributed by atoms with Crippen LogP contribution >= 0.6 is 0 Å². The number of hydrogen-bond donors (Lipinski definition) is 1. The maximum absolute atomic E-state index is 12.8. The molecule has 5 rings (SSSR count). The molecule has 0 atom stereocenters. The van der Waals surface area contributed by atoms with E-state index in [1.54, 1.807) is 18.5 Å². The first-order valence-corrected chi connectivity index (χ1v) is 12.2. The van der Waals surface area contributed by atoms with Crippen molar-refractivity contribution in [2.45, 2.75) is 6.54 Å². The third kappa shape index (κ3) is 5.11. The molecule has 1 fully saturated rings. The van der Waals surface area contributed by atoms with E-state index in [1.807, 2.05) is 50.1 Å². The smallest absolute Gasteiger partial charge is 0.340 e. The molecule has 1 aliphatic heterocycles. The molecule has 10 heteroatoms. The SMILES string of the molecule is COC(=O)c1cc(-c2ccnc3c2ccn3C)ncc1Nc1ccc(N2CCOCC2)c(CN(C)C)n1. The number of aromatic nitrogens is 4. The van der Waals surface area contributed by atoms with Crippen molar-refractivity contribution >= 4 is 34.2 Å². The zero-order valence-electron chi connectivity index (χ0n) is 21.6. The number of hydrogen-bond acceptors (Lipinski definition) is 9. The van der Waals surface area contributed by atoms with E-state index >= 15 is 0 Å². The third-order valence-electron chi connectivity index (χ3n) is 6.38. The molecule has 10 nitrogen and oxygen atoms in total. The van der Waals surface area contributed by atoms with Gasteiger partial charge < -0.3 is 29.2 Å². The molecular formula is C27H31N7O3. The van der Waals surface area contributed by atoms with Crippen molar-refractivity contribution in [3.05, 3.63) is 60.2 Å². The van der Waals surface area contributed by atoms with Crippen LogP contribution in [0.25, 0.3) is 22.3 Å². The van der Waals surface area contributed by atoms with Gasteiger partial charge in [0.05, 0.1) is 54.8 Å². The molecule has 192 valence electrons. The summed E-state index contributed by atoms with van der Waals surface area (Å²) >= 11 is 0. The summed E-state index contributed by atoms with van der Waals surface area (Å²) in [6.45, 7) is 3.74. The topological polar surface area (TPSA) is 97.6 Å². The minimum atomic E-state index is -0.456. The van der Waals surface area contributed by atoms with E-state index in [0.29, 0.717) is 42.5 Å². The number of esters is 1. The van der Waals surface area contributed by atoms with Crippen LogP contribution in [0.3, 0.4) is 0 Å². The molecule has 4 aromatic rings. The Bertz CT molecular complexity index is 1430. The highest BCUT2D eigenvalue weighted by Crippen LogP contribution is 2.31. The van der Waals surface area contributed by atoms with Gasteiger partial charge in [0.1, 0.15) is 11.5 Å². The predicted molar refractivity (Wildman–Crippen MR) is 143 cm³/mol. The van der Waals surface area contributed by atoms with E-state index in [0.717, 1.165) is 41.1 Å². The summed E-state index contributed by atoms with van der Waals surface area (Å²) in [5.41, 5.74) is 5.34. The molecule has 0 unspecified atom stereocenters. The molecule has 1 aliphatic rings. The number of ether oxygens (including phenoxy) is 2. The number of carbonyl (C=O) groups is 1. The van der Waals surface area contributed by atoms with Crippen molar-refractivity contribution in [2.24, 2.45) is 7.05 Å². The quantitative estimate of drug-likeness (QED) is 0.382. The summed E-state index contributed by atoms with van der Waals surface area (Å²) < 4.78 is 12.6. The fourth-order valence-corrected chi connectivity index (χ4v) is 4.58. The second kappa shape index (κ2) is 10.5. The first kappa shape index (κ1) is 24.7. The van der Waals surface area contributed by atoms with Gasteiger partial charge in [0.15, 0.2) is 0 Å². The van der Waals surface area contributed by atoms with Crippen molar-refractivity contribution in [3.63, 3.8) is 0 Å². The van der Waals surface area contributed by atoms with Crippen LogP contribution in [0, 0.1) is 0 Å². The summed E-state index contributed by atoms with van der Waals surface area (Å²) in [6.07, 6.45) is 5.35. The van der Waals surface area contributed by atoms with Gasteiger partial charge in [-0.2, -0.15) is 0 Å². The molecule has 4 aromatic heterocycles. The maximum atomic E-state index is 12.8. The lowest BCUT2D eigenvalue weighted by Crippen LogP contribution is -2.37. The summed E-state index contributed by atoms with van der Waals surface area (Å²) in [4.78, 5) is 31.2. The zero-order chi connectivity index (χ0) is 25.9. The Kier molecular flexibility index (Phi) is 7.02. The Labute approximate surface area is 215 Å². The minimum Gasteiger partial charge on any atom is -0.465 e. The first-order chi connectivity index (χ1) is 17.9. The fraction of sp³-hybridized carbons (Fsp3) is 0.333. The molecule has 37 heavy (non-hydrogen) atoms. The van der Waals surface area contributed by atoms with Gasteiger partial charge in [-0.05, 0) is 44.4 Å².